The predicted octanol–water partition coefficient (Wildman–Crippen LogP) is 4.76. The van der Waals surface area contributed by atoms with E-state index >= 15 is 8.78 Å². The molecule has 0 saturated carbocycles. The van der Waals surface area contributed by atoms with E-state index in [1.165, 1.54) is 23.7 Å². The van der Waals surface area contributed by atoms with E-state index < -0.39 is 35.7 Å². The fourth-order valence-electron chi connectivity index (χ4n) is 5.83. The van der Waals surface area contributed by atoms with Gasteiger partial charge in [-0.2, -0.15) is 5.10 Å². The topological polar surface area (TPSA) is 100.0 Å². The molecular formula is C30H31F2N3O6. The summed E-state index contributed by atoms with van der Waals surface area (Å²) < 4.78 is 47.4. The maximum absolute atomic E-state index is 15.2. The molecule has 1 aliphatic heterocycles. The van der Waals surface area contributed by atoms with Crippen LogP contribution >= 0.6 is 0 Å². The van der Waals surface area contributed by atoms with Crippen LogP contribution in [0.15, 0.2) is 47.4 Å². The van der Waals surface area contributed by atoms with E-state index in [9.17, 15) is 14.4 Å². The Hall–Kier alpha value is -4.28. The lowest BCUT2D eigenvalue weighted by Crippen LogP contribution is -2.48. The van der Waals surface area contributed by atoms with Gasteiger partial charge in [-0.1, -0.05) is 31.2 Å². The van der Waals surface area contributed by atoms with Gasteiger partial charge in [-0.05, 0) is 60.6 Å². The molecule has 2 unspecified atom stereocenters. The molecule has 0 N–H and O–H groups in total. The molecule has 1 aliphatic carbocycles. The molecule has 0 spiro atoms. The minimum absolute atomic E-state index is 0.0799. The Balaban J connectivity index is 1.70. The second-order valence-corrected chi connectivity index (χ2v) is 10.0. The Labute approximate surface area is 235 Å². The third-order valence-electron chi connectivity index (χ3n) is 7.47. The molecule has 5 rings (SSSR count). The first kappa shape index (κ1) is 28.3. The van der Waals surface area contributed by atoms with Crippen molar-refractivity contribution in [1.29, 1.82) is 0 Å². The standard InChI is InChI=1S/C30H31F2N3O6/c1-4-14-34-16-24(26-20-8-6-10-22(31)18(20)12-13-19-21(26)9-7-11-23(19)32)35-27(29(34)37)28(25(36)15-33-35)40-17(3)41-30(38)39-5-2/h6-11,15,17,24,26H,4-5,12-14,16H2,1-3H3. The number of carbonyl (C=O) groups is 2. The van der Waals surface area contributed by atoms with Crippen LogP contribution in [0.5, 0.6) is 5.75 Å². The van der Waals surface area contributed by atoms with Gasteiger partial charge in [0.05, 0.1) is 18.8 Å². The Bertz CT molecular complexity index is 1490. The number of amides is 1. The number of carbonyl (C=O) groups excluding carboxylic acids is 2. The summed E-state index contributed by atoms with van der Waals surface area (Å²) in [5, 5.41) is 4.36. The average molecular weight is 568 g/mol. The smallest absolute Gasteiger partial charge is 0.448 e. The second-order valence-electron chi connectivity index (χ2n) is 10.0. The molecule has 216 valence electrons. The van der Waals surface area contributed by atoms with Gasteiger partial charge < -0.3 is 19.1 Å². The van der Waals surface area contributed by atoms with Crippen LogP contribution in [0.1, 0.15) is 71.9 Å². The Morgan fingerprint density at radius 3 is 2.27 bits per heavy atom. The number of fused-ring (bicyclic) bond motifs is 3. The highest BCUT2D eigenvalue weighted by molar-refractivity contribution is 5.96. The van der Waals surface area contributed by atoms with Gasteiger partial charge in [0.25, 0.3) is 5.91 Å². The maximum Gasteiger partial charge on any atom is 0.511 e. The van der Waals surface area contributed by atoms with Crippen molar-refractivity contribution in [2.45, 2.75) is 58.3 Å². The largest absolute Gasteiger partial charge is 0.511 e. The quantitative estimate of drug-likeness (QED) is 0.300. The third-order valence-corrected chi connectivity index (χ3v) is 7.47. The van der Waals surface area contributed by atoms with E-state index in [2.05, 4.69) is 5.10 Å². The van der Waals surface area contributed by atoms with Gasteiger partial charge >= 0.3 is 6.16 Å². The van der Waals surface area contributed by atoms with Crippen LogP contribution in [0.2, 0.25) is 0 Å². The predicted molar refractivity (Wildman–Crippen MR) is 144 cm³/mol. The summed E-state index contributed by atoms with van der Waals surface area (Å²) in [4.78, 5) is 40.2. The van der Waals surface area contributed by atoms with Crippen LogP contribution < -0.4 is 10.2 Å². The van der Waals surface area contributed by atoms with Crippen LogP contribution in [0.4, 0.5) is 13.6 Å². The van der Waals surface area contributed by atoms with Gasteiger partial charge in [-0.25, -0.2) is 13.6 Å². The molecule has 0 bridgehead atoms. The summed E-state index contributed by atoms with van der Waals surface area (Å²) in [6.45, 7) is 5.55. The van der Waals surface area contributed by atoms with E-state index in [1.54, 1.807) is 24.0 Å². The van der Waals surface area contributed by atoms with Crippen molar-refractivity contribution in [3.05, 3.63) is 92.4 Å². The summed E-state index contributed by atoms with van der Waals surface area (Å²) >= 11 is 0. The highest BCUT2D eigenvalue weighted by Crippen LogP contribution is 2.45. The Morgan fingerprint density at radius 2 is 1.68 bits per heavy atom. The van der Waals surface area contributed by atoms with E-state index in [0.29, 0.717) is 48.1 Å². The number of nitrogens with zero attached hydrogens (tertiary/aromatic N) is 3. The summed E-state index contributed by atoms with van der Waals surface area (Å²) in [5.41, 5.74) is 1.47. The lowest BCUT2D eigenvalue weighted by atomic mass is 9.81. The zero-order chi connectivity index (χ0) is 29.3. The lowest BCUT2D eigenvalue weighted by Gasteiger charge is -2.40. The molecule has 9 nitrogen and oxygen atoms in total. The molecule has 2 aliphatic rings. The lowest BCUT2D eigenvalue weighted by molar-refractivity contribution is -0.0533. The monoisotopic (exact) mass is 567 g/mol. The zero-order valence-electron chi connectivity index (χ0n) is 23.1. The van der Waals surface area contributed by atoms with Crippen molar-refractivity contribution < 1.29 is 32.6 Å². The molecule has 3 aromatic rings. The molecule has 1 amide bonds. The number of benzene rings is 2. The van der Waals surface area contributed by atoms with Gasteiger partial charge in [0.1, 0.15) is 11.6 Å². The SMILES string of the molecule is CCCN1CC(C2c3cccc(F)c3CCc3c(F)cccc32)n2ncc(=O)c(OC(C)OC(=O)OCC)c2C1=O. The minimum atomic E-state index is -1.26. The van der Waals surface area contributed by atoms with Gasteiger partial charge in [0.2, 0.25) is 17.5 Å². The normalized spacial score (nSPS) is 17.1. The molecule has 1 aromatic heterocycles. The summed E-state index contributed by atoms with van der Waals surface area (Å²) in [5.74, 6) is -2.20. The molecule has 0 saturated heterocycles. The number of rotatable bonds is 7. The second kappa shape index (κ2) is 11.7. The van der Waals surface area contributed by atoms with E-state index in [-0.39, 0.29) is 36.2 Å². The van der Waals surface area contributed by atoms with E-state index in [0.717, 1.165) is 6.20 Å². The highest BCUT2D eigenvalue weighted by Gasteiger charge is 2.42. The third kappa shape index (κ3) is 5.28. The number of ether oxygens (including phenoxy) is 3. The maximum atomic E-state index is 15.2. The van der Waals surface area contributed by atoms with Gasteiger partial charge in [0, 0.05) is 25.9 Å². The Morgan fingerprint density at radius 1 is 1.05 bits per heavy atom. The summed E-state index contributed by atoms with van der Waals surface area (Å²) in [6.07, 6.45) is 0.0142. The van der Waals surface area contributed by atoms with Crippen molar-refractivity contribution in [3.8, 4) is 5.75 Å². The van der Waals surface area contributed by atoms with E-state index in [1.807, 2.05) is 19.1 Å². The van der Waals surface area contributed by atoms with Gasteiger partial charge in [0.15, 0.2) is 5.69 Å². The van der Waals surface area contributed by atoms with Gasteiger partial charge in [-0.3, -0.25) is 14.3 Å². The number of aromatic nitrogens is 2. The molecule has 2 heterocycles. The molecule has 0 fully saturated rings. The van der Waals surface area contributed by atoms with Crippen LogP contribution in [0.25, 0.3) is 0 Å². The number of hydrogen-bond donors (Lipinski definition) is 0. The fourth-order valence-corrected chi connectivity index (χ4v) is 5.83. The van der Waals surface area contributed by atoms with Crippen molar-refractivity contribution in [2.24, 2.45) is 0 Å². The van der Waals surface area contributed by atoms with Crippen molar-refractivity contribution in [2.75, 3.05) is 19.7 Å². The van der Waals surface area contributed by atoms with Crippen LogP contribution in [-0.2, 0) is 22.3 Å². The van der Waals surface area contributed by atoms with Crippen LogP contribution in [0, 0.1) is 11.6 Å². The fraction of sp³-hybridized carbons (Fsp3) is 0.400. The Kier molecular flexibility index (Phi) is 8.05. The minimum Gasteiger partial charge on any atom is -0.448 e. The van der Waals surface area contributed by atoms with Crippen LogP contribution in [0.3, 0.4) is 0 Å². The van der Waals surface area contributed by atoms with Crippen molar-refractivity contribution in [1.82, 2.24) is 14.7 Å². The number of hydrogen-bond acceptors (Lipinski definition) is 7. The summed E-state index contributed by atoms with van der Waals surface area (Å²) in [6, 6.07) is 9.00. The first-order valence-electron chi connectivity index (χ1n) is 13.7. The molecule has 2 aromatic carbocycles. The number of halogens is 2. The first-order chi connectivity index (χ1) is 19.7. The highest BCUT2D eigenvalue weighted by atomic mass is 19.1. The molecule has 11 heteroatoms. The van der Waals surface area contributed by atoms with Crippen LogP contribution in [-0.4, -0.2) is 52.7 Å². The van der Waals surface area contributed by atoms with Crippen molar-refractivity contribution >= 4 is 12.1 Å². The zero-order valence-corrected chi connectivity index (χ0v) is 23.1. The van der Waals surface area contributed by atoms with E-state index in [4.69, 9.17) is 14.2 Å². The first-order valence-corrected chi connectivity index (χ1v) is 13.7. The average Bonchev–Trinajstić information content (AvgIpc) is 3.10. The van der Waals surface area contributed by atoms with Gasteiger partial charge in [-0.15, -0.1) is 0 Å². The molecule has 0 radical (unpaired) electrons. The van der Waals surface area contributed by atoms with Crippen molar-refractivity contribution in [3.63, 3.8) is 0 Å². The molecule has 2 atom stereocenters. The molecule has 41 heavy (non-hydrogen) atoms. The molecular weight excluding hydrogens is 536 g/mol. The summed E-state index contributed by atoms with van der Waals surface area (Å²) in [7, 11) is 0.